The van der Waals surface area contributed by atoms with Gasteiger partial charge in [0.2, 0.25) is 0 Å². The highest BCUT2D eigenvalue weighted by molar-refractivity contribution is 6.31. The first-order valence-corrected chi connectivity index (χ1v) is 6.55. The Hall–Kier alpha value is -1.39. The fraction of sp³-hybridized carbons (Fsp3) is 0.357. The maximum atomic E-state index is 13.0. The number of hydrogen-bond donors (Lipinski definition) is 1. The van der Waals surface area contributed by atoms with E-state index >= 15 is 0 Å². The molecule has 0 saturated carbocycles. The van der Waals surface area contributed by atoms with Gasteiger partial charge in [-0.3, -0.25) is 4.68 Å². The first-order valence-electron chi connectivity index (χ1n) is 6.17. The van der Waals surface area contributed by atoms with E-state index in [9.17, 15) is 9.50 Å². The number of aliphatic hydroxyl groups is 1. The van der Waals surface area contributed by atoms with Crippen LogP contribution in [0.15, 0.2) is 24.3 Å². The Morgan fingerprint density at radius 3 is 2.79 bits per heavy atom. The average Bonchev–Trinajstić information content (AvgIpc) is 2.69. The molecule has 1 heterocycles. The Kier molecular flexibility index (Phi) is 4.22. The molecular weight excluding hydrogens is 267 g/mol. The lowest BCUT2D eigenvalue weighted by atomic mass is 10.0. The highest BCUT2D eigenvalue weighted by Crippen LogP contribution is 2.26. The van der Waals surface area contributed by atoms with Crippen LogP contribution in [0.3, 0.4) is 0 Å². The van der Waals surface area contributed by atoms with Crippen molar-refractivity contribution in [2.24, 2.45) is 0 Å². The molecule has 1 aromatic carbocycles. The van der Waals surface area contributed by atoms with Gasteiger partial charge in [-0.1, -0.05) is 17.7 Å². The number of aryl methyl sites for hydroxylation is 2. The van der Waals surface area contributed by atoms with Crippen LogP contribution in [0, 0.1) is 12.7 Å². The van der Waals surface area contributed by atoms with Crippen molar-refractivity contribution in [2.45, 2.75) is 32.9 Å². The third kappa shape index (κ3) is 3.14. The lowest BCUT2D eigenvalue weighted by molar-refractivity contribution is 0.175. The van der Waals surface area contributed by atoms with Crippen molar-refractivity contribution >= 4 is 11.6 Å². The molecule has 1 unspecified atom stereocenters. The van der Waals surface area contributed by atoms with Crippen LogP contribution in [0.4, 0.5) is 4.39 Å². The fourth-order valence-corrected chi connectivity index (χ4v) is 2.41. The summed E-state index contributed by atoms with van der Waals surface area (Å²) in [5, 5.41) is 14.8. The largest absolute Gasteiger partial charge is 0.388 e. The van der Waals surface area contributed by atoms with Gasteiger partial charge in [-0.15, -0.1) is 0 Å². The SMILES string of the molecule is CCn1nc(C)cc1CC(O)c1ccc(F)cc1Cl. The van der Waals surface area contributed by atoms with E-state index in [-0.39, 0.29) is 5.02 Å². The second-order valence-electron chi connectivity index (χ2n) is 4.48. The molecule has 0 amide bonds. The van der Waals surface area contributed by atoms with Crippen LogP contribution in [-0.4, -0.2) is 14.9 Å². The molecule has 0 spiro atoms. The van der Waals surface area contributed by atoms with Crippen molar-refractivity contribution in [3.8, 4) is 0 Å². The number of nitrogens with zero attached hydrogens (tertiary/aromatic N) is 2. The minimum atomic E-state index is -0.769. The summed E-state index contributed by atoms with van der Waals surface area (Å²) in [5.41, 5.74) is 2.38. The quantitative estimate of drug-likeness (QED) is 0.934. The minimum absolute atomic E-state index is 0.242. The molecule has 2 rings (SSSR count). The van der Waals surface area contributed by atoms with Crippen LogP contribution in [0.1, 0.15) is 30.0 Å². The number of benzene rings is 1. The Bertz CT molecular complexity index is 583. The molecule has 0 radical (unpaired) electrons. The molecule has 1 aromatic heterocycles. The summed E-state index contributed by atoms with van der Waals surface area (Å²) >= 11 is 5.95. The maximum absolute atomic E-state index is 13.0. The van der Waals surface area contributed by atoms with E-state index < -0.39 is 11.9 Å². The molecule has 3 nitrogen and oxygen atoms in total. The summed E-state index contributed by atoms with van der Waals surface area (Å²) in [6, 6.07) is 5.96. The Morgan fingerprint density at radius 2 is 2.16 bits per heavy atom. The lowest BCUT2D eigenvalue weighted by Crippen LogP contribution is -2.09. The van der Waals surface area contributed by atoms with E-state index in [1.165, 1.54) is 18.2 Å². The summed E-state index contributed by atoms with van der Waals surface area (Å²) in [4.78, 5) is 0. The van der Waals surface area contributed by atoms with Crippen molar-refractivity contribution in [3.63, 3.8) is 0 Å². The molecule has 0 aliphatic heterocycles. The zero-order chi connectivity index (χ0) is 14.0. The lowest BCUT2D eigenvalue weighted by Gasteiger charge is -2.13. The van der Waals surface area contributed by atoms with Gasteiger partial charge >= 0.3 is 0 Å². The van der Waals surface area contributed by atoms with Crippen molar-refractivity contribution < 1.29 is 9.50 Å². The molecule has 1 N–H and O–H groups in total. The van der Waals surface area contributed by atoms with Gasteiger partial charge in [0.15, 0.2) is 0 Å². The first kappa shape index (κ1) is 14.0. The van der Waals surface area contributed by atoms with Crippen molar-refractivity contribution in [2.75, 3.05) is 0 Å². The van der Waals surface area contributed by atoms with Gasteiger partial charge in [0.25, 0.3) is 0 Å². The molecule has 102 valence electrons. The van der Waals surface area contributed by atoms with E-state index in [0.29, 0.717) is 12.0 Å². The Labute approximate surface area is 116 Å². The van der Waals surface area contributed by atoms with Gasteiger partial charge in [-0.05, 0) is 37.6 Å². The molecule has 0 fully saturated rings. The van der Waals surface area contributed by atoms with Gasteiger partial charge in [0, 0.05) is 23.7 Å². The summed E-state index contributed by atoms with van der Waals surface area (Å²) in [5.74, 6) is -0.407. The predicted molar refractivity (Wildman–Crippen MR) is 72.7 cm³/mol. The predicted octanol–water partition coefficient (Wildman–Crippen LogP) is 3.28. The first-order chi connectivity index (χ1) is 9.01. The number of hydrogen-bond acceptors (Lipinski definition) is 2. The highest BCUT2D eigenvalue weighted by atomic mass is 35.5. The monoisotopic (exact) mass is 282 g/mol. The van der Waals surface area contributed by atoms with Crippen molar-refractivity contribution in [1.82, 2.24) is 9.78 Å². The third-order valence-corrected chi connectivity index (χ3v) is 3.34. The standard InChI is InChI=1S/C14H16ClFN2O/c1-3-18-11(6-9(2)17-18)8-14(19)12-5-4-10(16)7-13(12)15/h4-7,14,19H,3,8H2,1-2H3. The zero-order valence-corrected chi connectivity index (χ0v) is 11.7. The summed E-state index contributed by atoms with van der Waals surface area (Å²) in [6.07, 6.45) is -0.366. The van der Waals surface area contributed by atoms with Crippen LogP contribution >= 0.6 is 11.6 Å². The van der Waals surface area contributed by atoms with Crippen molar-refractivity contribution in [3.05, 3.63) is 52.1 Å². The minimum Gasteiger partial charge on any atom is -0.388 e. The van der Waals surface area contributed by atoms with Gasteiger partial charge in [0.05, 0.1) is 11.8 Å². The summed E-state index contributed by atoms with van der Waals surface area (Å²) in [7, 11) is 0. The van der Waals surface area contributed by atoms with Crippen LogP contribution in [-0.2, 0) is 13.0 Å². The van der Waals surface area contributed by atoms with E-state index in [4.69, 9.17) is 11.6 Å². The third-order valence-electron chi connectivity index (χ3n) is 3.01. The second kappa shape index (κ2) is 5.72. The van der Waals surface area contributed by atoms with E-state index in [1.807, 2.05) is 24.6 Å². The molecule has 0 aliphatic rings. The smallest absolute Gasteiger partial charge is 0.124 e. The van der Waals surface area contributed by atoms with Crippen LogP contribution < -0.4 is 0 Å². The molecule has 2 aromatic rings. The van der Waals surface area contributed by atoms with E-state index in [1.54, 1.807) is 0 Å². The van der Waals surface area contributed by atoms with Crippen LogP contribution in [0.5, 0.6) is 0 Å². The zero-order valence-electron chi connectivity index (χ0n) is 10.9. The highest BCUT2D eigenvalue weighted by Gasteiger charge is 2.15. The molecule has 0 bridgehead atoms. The van der Waals surface area contributed by atoms with Gasteiger partial charge in [-0.25, -0.2) is 4.39 Å². The molecule has 0 aliphatic carbocycles. The molecule has 5 heteroatoms. The molecule has 19 heavy (non-hydrogen) atoms. The molecule has 1 atom stereocenters. The normalized spacial score (nSPS) is 12.7. The van der Waals surface area contributed by atoms with Gasteiger partial charge in [0.1, 0.15) is 5.82 Å². The van der Waals surface area contributed by atoms with Gasteiger partial charge < -0.3 is 5.11 Å². The van der Waals surface area contributed by atoms with Crippen LogP contribution in [0.25, 0.3) is 0 Å². The van der Waals surface area contributed by atoms with Crippen molar-refractivity contribution in [1.29, 1.82) is 0 Å². The number of halogens is 2. The van der Waals surface area contributed by atoms with Gasteiger partial charge in [-0.2, -0.15) is 5.10 Å². The molecule has 0 saturated heterocycles. The summed E-state index contributed by atoms with van der Waals surface area (Å²) in [6.45, 7) is 4.65. The second-order valence-corrected chi connectivity index (χ2v) is 4.89. The number of aliphatic hydroxyl groups excluding tert-OH is 1. The van der Waals surface area contributed by atoms with E-state index in [0.717, 1.165) is 17.9 Å². The fourth-order valence-electron chi connectivity index (χ4n) is 2.12. The Balaban J connectivity index is 2.22. The maximum Gasteiger partial charge on any atom is 0.124 e. The van der Waals surface area contributed by atoms with Crippen LogP contribution in [0.2, 0.25) is 5.02 Å². The Morgan fingerprint density at radius 1 is 1.42 bits per heavy atom. The summed E-state index contributed by atoms with van der Waals surface area (Å²) < 4.78 is 14.8. The number of aromatic nitrogens is 2. The van der Waals surface area contributed by atoms with E-state index in [2.05, 4.69) is 5.10 Å². The average molecular weight is 283 g/mol. The number of rotatable bonds is 4. The topological polar surface area (TPSA) is 38.0 Å². The molecular formula is C14H16ClFN2O.